The van der Waals surface area contributed by atoms with E-state index in [-0.39, 0.29) is 17.9 Å². The van der Waals surface area contributed by atoms with Gasteiger partial charge in [-0.2, -0.15) is 0 Å². The zero-order valence-corrected chi connectivity index (χ0v) is 18.5. The van der Waals surface area contributed by atoms with Crippen LogP contribution in [-0.4, -0.2) is 64.3 Å². The molecule has 31 heavy (non-hydrogen) atoms. The Balaban J connectivity index is 1.25. The summed E-state index contributed by atoms with van der Waals surface area (Å²) in [7, 11) is 0. The van der Waals surface area contributed by atoms with E-state index in [1.54, 1.807) is 4.90 Å². The van der Waals surface area contributed by atoms with Gasteiger partial charge < -0.3 is 9.80 Å². The Morgan fingerprint density at radius 2 is 2.00 bits per heavy atom. The predicted octanol–water partition coefficient (Wildman–Crippen LogP) is 3.45. The van der Waals surface area contributed by atoms with Crippen molar-refractivity contribution in [2.45, 2.75) is 70.1 Å². The van der Waals surface area contributed by atoms with Gasteiger partial charge in [0.1, 0.15) is 6.04 Å². The van der Waals surface area contributed by atoms with Crippen molar-refractivity contribution < 1.29 is 9.59 Å². The molecule has 3 saturated heterocycles. The highest BCUT2D eigenvalue weighted by Crippen LogP contribution is 2.45. The second kappa shape index (κ2) is 7.47. The van der Waals surface area contributed by atoms with Crippen LogP contribution < -0.4 is 0 Å². The van der Waals surface area contributed by atoms with Gasteiger partial charge in [0, 0.05) is 31.2 Å². The molecule has 5 aliphatic rings. The molecule has 2 unspecified atom stereocenters. The molecule has 0 aromatic heterocycles. The molecule has 2 bridgehead atoms. The lowest BCUT2D eigenvalue weighted by atomic mass is 9.68. The van der Waals surface area contributed by atoms with E-state index in [2.05, 4.69) is 15.9 Å². The minimum atomic E-state index is -0.414. The third-order valence-corrected chi connectivity index (χ3v) is 8.61. The van der Waals surface area contributed by atoms with Gasteiger partial charge in [-0.15, -0.1) is 0 Å². The van der Waals surface area contributed by atoms with Crippen LogP contribution in [0.3, 0.4) is 0 Å². The van der Waals surface area contributed by atoms with Crippen molar-refractivity contribution in [2.24, 2.45) is 11.8 Å². The molecule has 5 atom stereocenters. The summed E-state index contributed by atoms with van der Waals surface area (Å²) in [6.45, 7) is 5.65. The number of carbonyl (C=O) groups is 2. The number of benzene rings is 1. The molecule has 4 aliphatic heterocycles. The lowest BCUT2D eigenvalue weighted by Gasteiger charge is -2.55. The quantitative estimate of drug-likeness (QED) is 0.690. The number of hydrogen-bond acceptors (Lipinski definition) is 3. The number of hydrogen-bond donors (Lipinski definition) is 0. The smallest absolute Gasteiger partial charge is 0.255 e. The molecule has 4 heterocycles. The maximum Gasteiger partial charge on any atom is 0.255 e. The molecular formula is C26H33N3O2. The van der Waals surface area contributed by atoms with E-state index in [1.807, 2.05) is 31.2 Å². The summed E-state index contributed by atoms with van der Waals surface area (Å²) in [6, 6.07) is 8.32. The van der Waals surface area contributed by atoms with Gasteiger partial charge in [-0.05, 0) is 69.0 Å². The Morgan fingerprint density at radius 1 is 1.13 bits per heavy atom. The SMILES string of the molecule is C[C@@H](C(=O)N1CCCC2=CC3CC(CN4CCCC[C@H]34)[C@@H]21)N1Cc2ccccc2C1=O. The minimum absolute atomic E-state index is 0.00163. The van der Waals surface area contributed by atoms with Gasteiger partial charge in [0.2, 0.25) is 5.91 Å². The molecule has 3 fully saturated rings. The molecular weight excluding hydrogens is 386 g/mol. The van der Waals surface area contributed by atoms with Crippen molar-refractivity contribution in [3.63, 3.8) is 0 Å². The van der Waals surface area contributed by atoms with Gasteiger partial charge in [0.15, 0.2) is 0 Å². The summed E-state index contributed by atoms with van der Waals surface area (Å²) in [4.78, 5) is 33.4. The van der Waals surface area contributed by atoms with Gasteiger partial charge >= 0.3 is 0 Å². The number of rotatable bonds is 2. The van der Waals surface area contributed by atoms with E-state index in [9.17, 15) is 9.59 Å². The summed E-state index contributed by atoms with van der Waals surface area (Å²) in [5.74, 6) is 1.35. The van der Waals surface area contributed by atoms with E-state index in [0.717, 1.165) is 43.1 Å². The summed E-state index contributed by atoms with van der Waals surface area (Å²) >= 11 is 0. The molecule has 0 spiro atoms. The third kappa shape index (κ3) is 3.07. The molecule has 0 N–H and O–H groups in total. The van der Waals surface area contributed by atoms with Crippen molar-refractivity contribution in [1.82, 2.24) is 14.7 Å². The standard InChI is InChI=1S/C26H33N3O2/c1-17(29-16-19-7-2-3-9-22(19)26(29)31)25(30)28-12-6-8-18-13-20-14-21(24(18)28)15-27-11-5-4-10-23(20)27/h2-3,7,9,13,17,20-21,23-24H,4-6,8,10-12,14-16H2,1H3/t17-,20?,21?,23+,24+/m0/s1. The lowest BCUT2D eigenvalue weighted by Crippen LogP contribution is -2.61. The van der Waals surface area contributed by atoms with Crippen molar-refractivity contribution in [3.05, 3.63) is 47.0 Å². The average molecular weight is 420 g/mol. The van der Waals surface area contributed by atoms with Crippen LogP contribution in [0.25, 0.3) is 0 Å². The number of amides is 2. The van der Waals surface area contributed by atoms with Crippen LogP contribution in [0.5, 0.6) is 0 Å². The van der Waals surface area contributed by atoms with Crippen LogP contribution in [0.2, 0.25) is 0 Å². The first-order valence-corrected chi connectivity index (χ1v) is 12.3. The highest BCUT2D eigenvalue weighted by molar-refractivity contribution is 6.01. The summed E-state index contributed by atoms with van der Waals surface area (Å²) in [5.41, 5.74) is 3.30. The zero-order valence-electron chi connectivity index (χ0n) is 18.5. The topological polar surface area (TPSA) is 43.9 Å². The highest BCUT2D eigenvalue weighted by Gasteiger charge is 2.48. The van der Waals surface area contributed by atoms with E-state index < -0.39 is 6.04 Å². The molecule has 0 radical (unpaired) electrons. The van der Waals surface area contributed by atoms with Crippen LogP contribution >= 0.6 is 0 Å². The maximum absolute atomic E-state index is 13.8. The van der Waals surface area contributed by atoms with E-state index in [0.29, 0.717) is 18.4 Å². The Labute approximate surface area is 185 Å². The number of piperidine rings is 3. The summed E-state index contributed by atoms with van der Waals surface area (Å²) < 4.78 is 0. The van der Waals surface area contributed by atoms with Gasteiger partial charge in [-0.3, -0.25) is 14.5 Å². The number of nitrogens with zero attached hydrogens (tertiary/aromatic N) is 3. The van der Waals surface area contributed by atoms with Gasteiger partial charge in [0.05, 0.1) is 6.04 Å². The number of likely N-dealkylation sites (tertiary alicyclic amines) is 1. The largest absolute Gasteiger partial charge is 0.334 e. The Kier molecular flexibility index (Phi) is 4.71. The van der Waals surface area contributed by atoms with Gasteiger partial charge in [-0.1, -0.05) is 36.3 Å². The fourth-order valence-corrected chi connectivity index (χ4v) is 7.18. The molecule has 0 saturated carbocycles. The van der Waals surface area contributed by atoms with Crippen molar-refractivity contribution in [3.8, 4) is 0 Å². The zero-order chi connectivity index (χ0) is 21.1. The second-order valence-electron chi connectivity index (χ2n) is 10.3. The van der Waals surface area contributed by atoms with E-state index in [4.69, 9.17) is 0 Å². The van der Waals surface area contributed by atoms with Gasteiger partial charge in [-0.25, -0.2) is 0 Å². The van der Waals surface area contributed by atoms with Crippen molar-refractivity contribution in [2.75, 3.05) is 19.6 Å². The molecule has 164 valence electrons. The number of fused-ring (bicyclic) bond motifs is 7. The average Bonchev–Trinajstić information content (AvgIpc) is 3.14. The van der Waals surface area contributed by atoms with Gasteiger partial charge in [0.25, 0.3) is 5.91 Å². The third-order valence-electron chi connectivity index (χ3n) is 8.61. The molecule has 1 aliphatic carbocycles. The Hall–Kier alpha value is -2.14. The van der Waals surface area contributed by atoms with E-state index in [1.165, 1.54) is 37.8 Å². The minimum Gasteiger partial charge on any atom is -0.334 e. The fraction of sp³-hybridized carbons (Fsp3) is 0.615. The number of carbonyl (C=O) groups excluding carboxylic acids is 2. The lowest BCUT2D eigenvalue weighted by molar-refractivity contribution is -0.140. The van der Waals surface area contributed by atoms with E-state index >= 15 is 0 Å². The summed E-state index contributed by atoms with van der Waals surface area (Å²) in [6.07, 6.45) is 9.98. The molecule has 1 aromatic rings. The molecule has 5 nitrogen and oxygen atoms in total. The van der Waals surface area contributed by atoms with Crippen LogP contribution in [0.4, 0.5) is 0 Å². The fourth-order valence-electron chi connectivity index (χ4n) is 7.18. The first-order chi connectivity index (χ1) is 15.1. The van der Waals surface area contributed by atoms with Crippen LogP contribution in [0.15, 0.2) is 35.9 Å². The Morgan fingerprint density at radius 3 is 2.87 bits per heavy atom. The van der Waals surface area contributed by atoms with Crippen molar-refractivity contribution in [1.29, 1.82) is 0 Å². The van der Waals surface area contributed by atoms with Crippen LogP contribution in [0.1, 0.15) is 61.4 Å². The van der Waals surface area contributed by atoms with Crippen LogP contribution in [0, 0.1) is 11.8 Å². The normalized spacial score (nSPS) is 33.3. The summed E-state index contributed by atoms with van der Waals surface area (Å²) in [5, 5.41) is 0. The predicted molar refractivity (Wildman–Crippen MR) is 119 cm³/mol. The second-order valence-corrected chi connectivity index (χ2v) is 10.3. The first-order valence-electron chi connectivity index (χ1n) is 12.3. The molecule has 1 aromatic carbocycles. The molecule has 6 rings (SSSR count). The Bertz CT molecular complexity index is 940. The molecule has 2 amide bonds. The first kappa shape index (κ1) is 19.5. The maximum atomic E-state index is 13.8. The highest BCUT2D eigenvalue weighted by atomic mass is 16.2. The van der Waals surface area contributed by atoms with Crippen LogP contribution in [-0.2, 0) is 11.3 Å². The monoisotopic (exact) mass is 419 g/mol. The van der Waals surface area contributed by atoms with Crippen molar-refractivity contribution >= 4 is 11.8 Å². The molecule has 5 heteroatoms.